The summed E-state index contributed by atoms with van der Waals surface area (Å²) in [6, 6.07) is 5.00. The maximum atomic E-state index is 11.7. The van der Waals surface area contributed by atoms with Crippen LogP contribution in [-0.2, 0) is 0 Å². The first-order chi connectivity index (χ1) is 8.58. The molecule has 0 aliphatic carbocycles. The Labute approximate surface area is 104 Å². The second kappa shape index (κ2) is 5.10. The molecule has 1 atom stereocenters. The van der Waals surface area contributed by atoms with Gasteiger partial charge in [-0.05, 0) is 37.6 Å². The zero-order valence-corrected chi connectivity index (χ0v) is 10.3. The van der Waals surface area contributed by atoms with Gasteiger partial charge in [-0.3, -0.25) is 4.79 Å². The number of aliphatic hydroxyl groups excluding tert-OH is 1. The number of aryl methyl sites for hydroxylation is 2. The lowest BCUT2D eigenvalue weighted by Crippen LogP contribution is -2.27. The number of hydrogen-bond donors (Lipinski definition) is 2. The van der Waals surface area contributed by atoms with Gasteiger partial charge in [0.05, 0.1) is 12.8 Å². The van der Waals surface area contributed by atoms with Crippen LogP contribution in [0, 0.1) is 13.8 Å². The highest BCUT2D eigenvalue weighted by molar-refractivity contribution is 5.91. The van der Waals surface area contributed by atoms with Gasteiger partial charge >= 0.3 is 0 Å². The summed E-state index contributed by atoms with van der Waals surface area (Å²) in [4.78, 5) is 11.7. The SMILES string of the molecule is Cc1cc(C(=O)NCC(O)c2ccco2)oc1C. The fourth-order valence-electron chi connectivity index (χ4n) is 1.54. The number of carbonyl (C=O) groups excluding carboxylic acids is 1. The number of aliphatic hydroxyl groups is 1. The maximum Gasteiger partial charge on any atom is 0.287 e. The third-order valence-electron chi connectivity index (χ3n) is 2.72. The normalized spacial score (nSPS) is 12.4. The van der Waals surface area contributed by atoms with E-state index in [1.54, 1.807) is 25.1 Å². The highest BCUT2D eigenvalue weighted by atomic mass is 16.4. The Morgan fingerprint density at radius 1 is 1.50 bits per heavy atom. The van der Waals surface area contributed by atoms with E-state index in [1.165, 1.54) is 6.26 Å². The van der Waals surface area contributed by atoms with E-state index in [9.17, 15) is 9.90 Å². The van der Waals surface area contributed by atoms with Crippen molar-refractivity contribution in [1.29, 1.82) is 0 Å². The summed E-state index contributed by atoms with van der Waals surface area (Å²) in [6.07, 6.45) is 0.612. The Balaban J connectivity index is 1.92. The fraction of sp³-hybridized carbons (Fsp3) is 0.308. The van der Waals surface area contributed by atoms with Crippen LogP contribution in [0.4, 0.5) is 0 Å². The third-order valence-corrected chi connectivity index (χ3v) is 2.72. The lowest BCUT2D eigenvalue weighted by atomic mass is 10.2. The van der Waals surface area contributed by atoms with E-state index >= 15 is 0 Å². The number of carbonyl (C=O) groups is 1. The van der Waals surface area contributed by atoms with Crippen LogP contribution in [0.25, 0.3) is 0 Å². The summed E-state index contributed by atoms with van der Waals surface area (Å²) in [5.74, 6) is 1.03. The minimum atomic E-state index is -0.860. The quantitative estimate of drug-likeness (QED) is 0.868. The lowest BCUT2D eigenvalue weighted by Gasteiger charge is -2.08. The molecule has 5 heteroatoms. The van der Waals surface area contributed by atoms with E-state index in [0.29, 0.717) is 11.5 Å². The Kier molecular flexibility index (Phi) is 3.53. The molecule has 0 radical (unpaired) electrons. The molecule has 2 heterocycles. The predicted molar refractivity (Wildman–Crippen MR) is 64.2 cm³/mol. The van der Waals surface area contributed by atoms with E-state index in [4.69, 9.17) is 8.83 Å². The summed E-state index contributed by atoms with van der Waals surface area (Å²) < 4.78 is 10.3. The van der Waals surface area contributed by atoms with Crippen LogP contribution < -0.4 is 5.32 Å². The van der Waals surface area contributed by atoms with E-state index in [1.807, 2.05) is 6.92 Å². The van der Waals surface area contributed by atoms with E-state index in [0.717, 1.165) is 5.56 Å². The van der Waals surface area contributed by atoms with E-state index in [2.05, 4.69) is 5.32 Å². The molecule has 2 rings (SSSR count). The molecule has 0 spiro atoms. The summed E-state index contributed by atoms with van der Waals surface area (Å²) >= 11 is 0. The first kappa shape index (κ1) is 12.4. The van der Waals surface area contributed by atoms with E-state index < -0.39 is 6.10 Å². The Morgan fingerprint density at radius 3 is 2.83 bits per heavy atom. The lowest BCUT2D eigenvalue weighted by molar-refractivity contribution is 0.0873. The van der Waals surface area contributed by atoms with Gasteiger partial charge in [0.2, 0.25) is 0 Å². The molecule has 18 heavy (non-hydrogen) atoms. The van der Waals surface area contributed by atoms with Crippen LogP contribution in [0.2, 0.25) is 0 Å². The molecule has 0 saturated carbocycles. The molecule has 0 bridgehead atoms. The van der Waals surface area contributed by atoms with Crippen molar-refractivity contribution in [2.24, 2.45) is 0 Å². The Morgan fingerprint density at radius 2 is 2.28 bits per heavy atom. The van der Waals surface area contributed by atoms with Gasteiger partial charge < -0.3 is 19.3 Å². The molecule has 96 valence electrons. The van der Waals surface area contributed by atoms with Gasteiger partial charge in [-0.2, -0.15) is 0 Å². The summed E-state index contributed by atoms with van der Waals surface area (Å²) in [7, 11) is 0. The van der Waals surface area contributed by atoms with Crippen LogP contribution in [0.3, 0.4) is 0 Å². The monoisotopic (exact) mass is 249 g/mol. The van der Waals surface area contributed by atoms with Gasteiger partial charge in [-0.1, -0.05) is 0 Å². The zero-order chi connectivity index (χ0) is 13.1. The van der Waals surface area contributed by atoms with Gasteiger partial charge in [-0.25, -0.2) is 0 Å². The minimum Gasteiger partial charge on any atom is -0.467 e. The van der Waals surface area contributed by atoms with Crippen molar-refractivity contribution in [3.8, 4) is 0 Å². The smallest absolute Gasteiger partial charge is 0.287 e. The molecule has 1 amide bonds. The molecular weight excluding hydrogens is 234 g/mol. The zero-order valence-electron chi connectivity index (χ0n) is 10.3. The molecule has 2 aromatic rings. The van der Waals surface area contributed by atoms with Crippen molar-refractivity contribution in [2.45, 2.75) is 20.0 Å². The summed E-state index contributed by atoms with van der Waals surface area (Å²) in [6.45, 7) is 3.74. The summed E-state index contributed by atoms with van der Waals surface area (Å²) in [5, 5.41) is 12.3. The van der Waals surface area contributed by atoms with Crippen molar-refractivity contribution in [3.63, 3.8) is 0 Å². The van der Waals surface area contributed by atoms with Crippen LogP contribution in [0.15, 0.2) is 33.3 Å². The highest BCUT2D eigenvalue weighted by Gasteiger charge is 2.15. The molecule has 0 fully saturated rings. The molecule has 5 nitrogen and oxygen atoms in total. The number of hydrogen-bond acceptors (Lipinski definition) is 4. The van der Waals surface area contributed by atoms with Crippen molar-refractivity contribution < 1.29 is 18.7 Å². The van der Waals surface area contributed by atoms with Crippen LogP contribution in [0.1, 0.15) is 33.7 Å². The number of rotatable bonds is 4. The third kappa shape index (κ3) is 2.62. The second-order valence-electron chi connectivity index (χ2n) is 4.09. The average molecular weight is 249 g/mol. The second-order valence-corrected chi connectivity index (χ2v) is 4.09. The number of amides is 1. The van der Waals surface area contributed by atoms with Crippen molar-refractivity contribution in [1.82, 2.24) is 5.32 Å². The van der Waals surface area contributed by atoms with E-state index in [-0.39, 0.29) is 18.2 Å². The largest absolute Gasteiger partial charge is 0.467 e. The van der Waals surface area contributed by atoms with Crippen molar-refractivity contribution >= 4 is 5.91 Å². The first-order valence-electron chi connectivity index (χ1n) is 5.64. The average Bonchev–Trinajstić information content (AvgIpc) is 2.97. The van der Waals surface area contributed by atoms with Crippen molar-refractivity contribution in [2.75, 3.05) is 6.54 Å². The van der Waals surface area contributed by atoms with Crippen LogP contribution in [0.5, 0.6) is 0 Å². The van der Waals surface area contributed by atoms with Gasteiger partial charge in [-0.15, -0.1) is 0 Å². The minimum absolute atomic E-state index is 0.0745. The fourth-order valence-corrected chi connectivity index (χ4v) is 1.54. The molecule has 0 aliphatic heterocycles. The molecule has 2 aromatic heterocycles. The topological polar surface area (TPSA) is 75.6 Å². The summed E-state index contributed by atoms with van der Waals surface area (Å²) in [5.41, 5.74) is 0.923. The van der Waals surface area contributed by atoms with Gasteiger partial charge in [0.15, 0.2) is 5.76 Å². The molecule has 0 aliphatic rings. The number of furan rings is 2. The maximum absolute atomic E-state index is 11.7. The first-order valence-corrected chi connectivity index (χ1v) is 5.64. The molecule has 0 aromatic carbocycles. The highest BCUT2D eigenvalue weighted by Crippen LogP contribution is 2.14. The molecule has 1 unspecified atom stereocenters. The van der Waals surface area contributed by atoms with Gasteiger partial charge in [0.1, 0.15) is 17.6 Å². The van der Waals surface area contributed by atoms with Crippen molar-refractivity contribution in [3.05, 3.63) is 47.3 Å². The van der Waals surface area contributed by atoms with Crippen LogP contribution in [-0.4, -0.2) is 17.6 Å². The van der Waals surface area contributed by atoms with Gasteiger partial charge in [0, 0.05) is 0 Å². The Hall–Kier alpha value is -2.01. The standard InChI is InChI=1S/C13H15NO4/c1-8-6-12(18-9(8)2)13(16)14-7-10(15)11-4-3-5-17-11/h3-6,10,15H,7H2,1-2H3,(H,14,16). The Bertz CT molecular complexity index is 508. The number of nitrogens with one attached hydrogen (secondary N) is 1. The molecular formula is C13H15NO4. The van der Waals surface area contributed by atoms with Crippen LogP contribution >= 0.6 is 0 Å². The molecule has 2 N–H and O–H groups in total. The predicted octanol–water partition coefficient (Wildman–Crippen LogP) is 1.95. The molecule has 0 saturated heterocycles. The van der Waals surface area contributed by atoms with Gasteiger partial charge in [0.25, 0.3) is 5.91 Å².